The number of hydrogen-bond donors (Lipinski definition) is 0. The first-order chi connectivity index (χ1) is 7.72. The third-order valence-electron chi connectivity index (χ3n) is 2.35. The van der Waals surface area contributed by atoms with Gasteiger partial charge in [0.25, 0.3) is 0 Å². The molecule has 0 radical (unpaired) electrons. The summed E-state index contributed by atoms with van der Waals surface area (Å²) in [7, 11) is 0. The molecule has 0 atom stereocenters. The molecule has 1 aromatic carbocycles. The molecule has 0 N–H and O–H groups in total. The lowest BCUT2D eigenvalue weighted by Crippen LogP contribution is -2.10. The van der Waals surface area contributed by atoms with Crippen LogP contribution in [0.3, 0.4) is 0 Å². The molecule has 1 heterocycles. The van der Waals surface area contributed by atoms with Gasteiger partial charge in [-0.05, 0) is 41.6 Å². The molecule has 0 aliphatic heterocycles. The number of rotatable bonds is 3. The number of carbonyl (C=O) groups excluding carboxylic acids is 1. The summed E-state index contributed by atoms with van der Waals surface area (Å²) >= 11 is 2.20. The average molecular weight is 326 g/mol. The monoisotopic (exact) mass is 326 g/mol. The number of ketones is 1. The molecular weight excluding hydrogens is 315 g/mol. The van der Waals surface area contributed by atoms with Gasteiger partial charge >= 0.3 is 0 Å². The Balaban J connectivity index is 2.39. The van der Waals surface area contributed by atoms with Crippen LogP contribution in [0.5, 0.6) is 0 Å². The zero-order chi connectivity index (χ0) is 11.5. The van der Waals surface area contributed by atoms with Gasteiger partial charge in [0.05, 0.1) is 0 Å². The molecule has 2 rings (SSSR count). The second kappa shape index (κ2) is 4.78. The molecule has 1 aromatic heterocycles. The second-order valence-electron chi connectivity index (χ2n) is 3.38. The summed E-state index contributed by atoms with van der Waals surface area (Å²) in [5, 5.41) is 0. The lowest BCUT2D eigenvalue weighted by molar-refractivity contribution is 0.102. The molecule has 3 nitrogen and oxygen atoms in total. The summed E-state index contributed by atoms with van der Waals surface area (Å²) in [6.45, 7) is 2.75. The highest BCUT2D eigenvalue weighted by molar-refractivity contribution is 14.1. The fourth-order valence-corrected chi connectivity index (χ4v) is 2.08. The van der Waals surface area contributed by atoms with Gasteiger partial charge in [-0.25, -0.2) is 4.98 Å². The van der Waals surface area contributed by atoms with Gasteiger partial charge in [0, 0.05) is 28.1 Å². The summed E-state index contributed by atoms with van der Waals surface area (Å²) in [5.41, 5.74) is 0.688. The fraction of sp³-hybridized carbons (Fsp3) is 0.167. The van der Waals surface area contributed by atoms with Crippen molar-refractivity contribution in [2.45, 2.75) is 13.5 Å². The van der Waals surface area contributed by atoms with Gasteiger partial charge in [-0.3, -0.25) is 4.79 Å². The summed E-state index contributed by atoms with van der Waals surface area (Å²) in [6, 6.07) is 7.54. The van der Waals surface area contributed by atoms with Gasteiger partial charge < -0.3 is 4.57 Å². The van der Waals surface area contributed by atoms with E-state index in [-0.39, 0.29) is 5.78 Å². The minimum absolute atomic E-state index is 0.0228. The Morgan fingerprint density at radius 3 is 3.00 bits per heavy atom. The zero-order valence-corrected chi connectivity index (χ0v) is 11.0. The van der Waals surface area contributed by atoms with Crippen LogP contribution in [0.4, 0.5) is 0 Å². The molecule has 4 heteroatoms. The van der Waals surface area contributed by atoms with E-state index in [0.29, 0.717) is 11.4 Å². The SMILES string of the molecule is CCn1ccnc1C(=O)c1cccc(I)c1. The Kier molecular flexibility index (Phi) is 3.38. The summed E-state index contributed by atoms with van der Waals surface area (Å²) in [5.74, 6) is 0.481. The third-order valence-corrected chi connectivity index (χ3v) is 3.02. The number of nitrogens with zero attached hydrogens (tertiary/aromatic N) is 2. The molecule has 0 aliphatic carbocycles. The fourth-order valence-electron chi connectivity index (χ4n) is 1.53. The molecule has 0 unspecified atom stereocenters. The van der Waals surface area contributed by atoms with Gasteiger partial charge in [0.1, 0.15) is 0 Å². The van der Waals surface area contributed by atoms with Gasteiger partial charge in [-0.2, -0.15) is 0 Å². The Labute approximate surface area is 108 Å². The lowest BCUT2D eigenvalue weighted by Gasteiger charge is -2.03. The molecule has 2 aromatic rings. The predicted molar refractivity (Wildman–Crippen MR) is 70.5 cm³/mol. The van der Waals surface area contributed by atoms with E-state index in [9.17, 15) is 4.79 Å². The van der Waals surface area contributed by atoms with Crippen molar-refractivity contribution in [3.63, 3.8) is 0 Å². The van der Waals surface area contributed by atoms with E-state index in [4.69, 9.17) is 0 Å². The molecule has 16 heavy (non-hydrogen) atoms. The topological polar surface area (TPSA) is 34.9 Å². The number of aryl methyl sites for hydroxylation is 1. The standard InChI is InChI=1S/C12H11IN2O/c1-2-15-7-6-14-12(15)11(16)9-4-3-5-10(13)8-9/h3-8H,2H2,1H3. The van der Waals surface area contributed by atoms with Crippen molar-refractivity contribution in [2.24, 2.45) is 0 Å². The van der Waals surface area contributed by atoms with Crippen LogP contribution in [-0.4, -0.2) is 15.3 Å². The first kappa shape index (κ1) is 11.3. The highest BCUT2D eigenvalue weighted by atomic mass is 127. The van der Waals surface area contributed by atoms with E-state index in [2.05, 4.69) is 27.6 Å². The second-order valence-corrected chi connectivity index (χ2v) is 4.62. The number of halogens is 1. The minimum atomic E-state index is -0.0228. The molecule has 0 spiro atoms. The number of hydrogen-bond acceptors (Lipinski definition) is 2. The van der Waals surface area contributed by atoms with Crippen LogP contribution < -0.4 is 0 Å². The lowest BCUT2D eigenvalue weighted by atomic mass is 10.1. The van der Waals surface area contributed by atoms with E-state index in [1.807, 2.05) is 42.0 Å². The van der Waals surface area contributed by atoms with Crippen LogP contribution in [-0.2, 0) is 6.54 Å². The number of carbonyl (C=O) groups is 1. The van der Waals surface area contributed by atoms with Crippen LogP contribution in [0.25, 0.3) is 0 Å². The van der Waals surface area contributed by atoms with Crippen LogP contribution >= 0.6 is 22.6 Å². The van der Waals surface area contributed by atoms with Crippen molar-refractivity contribution in [2.75, 3.05) is 0 Å². The minimum Gasteiger partial charge on any atom is -0.328 e. The van der Waals surface area contributed by atoms with Crippen molar-refractivity contribution in [3.05, 3.63) is 51.6 Å². The summed E-state index contributed by atoms with van der Waals surface area (Å²) < 4.78 is 2.90. The first-order valence-electron chi connectivity index (χ1n) is 5.03. The molecule has 0 fully saturated rings. The van der Waals surface area contributed by atoms with Crippen LogP contribution in [0, 0.1) is 3.57 Å². The van der Waals surface area contributed by atoms with Gasteiger partial charge in [0.2, 0.25) is 5.78 Å². The normalized spacial score (nSPS) is 10.4. The Morgan fingerprint density at radius 1 is 1.50 bits per heavy atom. The van der Waals surface area contributed by atoms with E-state index < -0.39 is 0 Å². The van der Waals surface area contributed by atoms with Gasteiger partial charge in [0.15, 0.2) is 5.82 Å². The van der Waals surface area contributed by atoms with Crippen molar-refractivity contribution >= 4 is 28.4 Å². The number of imidazole rings is 1. The largest absolute Gasteiger partial charge is 0.328 e. The zero-order valence-electron chi connectivity index (χ0n) is 8.85. The Hall–Kier alpha value is -1.17. The maximum absolute atomic E-state index is 12.2. The maximum atomic E-state index is 12.2. The molecular formula is C12H11IN2O. The van der Waals surface area contributed by atoms with Crippen LogP contribution in [0.1, 0.15) is 23.1 Å². The smallest absolute Gasteiger partial charge is 0.228 e. The van der Waals surface area contributed by atoms with Crippen LogP contribution in [0.15, 0.2) is 36.7 Å². The molecule has 0 saturated heterocycles. The summed E-state index contributed by atoms with van der Waals surface area (Å²) in [4.78, 5) is 16.3. The van der Waals surface area contributed by atoms with Crippen molar-refractivity contribution in [1.82, 2.24) is 9.55 Å². The summed E-state index contributed by atoms with van der Waals surface area (Å²) in [6.07, 6.45) is 3.48. The highest BCUT2D eigenvalue weighted by Gasteiger charge is 2.14. The van der Waals surface area contributed by atoms with Crippen molar-refractivity contribution in [1.29, 1.82) is 0 Å². The Morgan fingerprint density at radius 2 is 2.31 bits per heavy atom. The highest BCUT2D eigenvalue weighted by Crippen LogP contribution is 2.12. The number of aromatic nitrogens is 2. The van der Waals surface area contributed by atoms with Gasteiger partial charge in [-0.1, -0.05) is 12.1 Å². The van der Waals surface area contributed by atoms with Crippen LogP contribution in [0.2, 0.25) is 0 Å². The quantitative estimate of drug-likeness (QED) is 0.642. The van der Waals surface area contributed by atoms with E-state index in [1.165, 1.54) is 0 Å². The Bertz CT molecular complexity index is 519. The predicted octanol–water partition coefficient (Wildman–Crippen LogP) is 2.74. The van der Waals surface area contributed by atoms with E-state index >= 15 is 0 Å². The maximum Gasteiger partial charge on any atom is 0.228 e. The van der Waals surface area contributed by atoms with Gasteiger partial charge in [-0.15, -0.1) is 0 Å². The van der Waals surface area contributed by atoms with E-state index in [1.54, 1.807) is 6.20 Å². The third kappa shape index (κ3) is 2.16. The number of benzene rings is 1. The molecule has 0 bridgehead atoms. The molecule has 82 valence electrons. The average Bonchev–Trinajstić information content (AvgIpc) is 2.76. The first-order valence-corrected chi connectivity index (χ1v) is 6.11. The molecule has 0 aliphatic rings. The molecule has 0 saturated carbocycles. The van der Waals surface area contributed by atoms with E-state index in [0.717, 1.165) is 10.1 Å². The van der Waals surface area contributed by atoms with Crippen molar-refractivity contribution in [3.8, 4) is 0 Å². The molecule has 0 amide bonds. The van der Waals surface area contributed by atoms with Crippen molar-refractivity contribution < 1.29 is 4.79 Å².